The zero-order valence-electron chi connectivity index (χ0n) is 18.4. The van der Waals surface area contributed by atoms with Crippen molar-refractivity contribution in [1.82, 2.24) is 14.3 Å². The molecule has 3 heterocycles. The summed E-state index contributed by atoms with van der Waals surface area (Å²) in [6, 6.07) is 3.75. The maximum atomic E-state index is 13.3. The monoisotopic (exact) mass is 458 g/mol. The third-order valence-corrected chi connectivity index (χ3v) is 6.64. The van der Waals surface area contributed by atoms with Crippen molar-refractivity contribution in [3.8, 4) is 0 Å². The second kappa shape index (κ2) is 10.9. The van der Waals surface area contributed by atoms with E-state index in [1.165, 1.54) is 35.4 Å². The molecule has 1 saturated heterocycles. The third kappa shape index (κ3) is 5.36. The summed E-state index contributed by atoms with van der Waals surface area (Å²) in [4.78, 5) is 33.1. The molecule has 3 rings (SSSR count). The van der Waals surface area contributed by atoms with Gasteiger partial charge in [-0.2, -0.15) is 0 Å². The summed E-state index contributed by atoms with van der Waals surface area (Å²) in [5.74, 6) is 0.381. The van der Waals surface area contributed by atoms with Crippen LogP contribution in [0.3, 0.4) is 0 Å². The fraction of sp³-hybridized carbons (Fsp3) is 0.478. The predicted octanol–water partition coefficient (Wildman–Crippen LogP) is 5.00. The Balaban J connectivity index is 1.92. The van der Waals surface area contributed by atoms with Crippen LogP contribution < -0.4 is 10.9 Å². The molecular formula is C23H30N4O2S2. The Morgan fingerprint density at radius 1 is 1.16 bits per heavy atom. The van der Waals surface area contributed by atoms with Crippen LogP contribution >= 0.6 is 24.0 Å². The molecule has 8 heteroatoms. The number of hydrogen-bond donors (Lipinski definition) is 1. The zero-order chi connectivity index (χ0) is 22.4. The van der Waals surface area contributed by atoms with Crippen molar-refractivity contribution in [3.05, 3.63) is 44.7 Å². The van der Waals surface area contributed by atoms with Crippen molar-refractivity contribution < 1.29 is 4.79 Å². The van der Waals surface area contributed by atoms with Gasteiger partial charge in [0.1, 0.15) is 15.8 Å². The number of hydrogen-bond acceptors (Lipinski definition) is 6. The van der Waals surface area contributed by atoms with Crippen molar-refractivity contribution in [2.75, 3.05) is 18.4 Å². The Labute approximate surface area is 193 Å². The summed E-state index contributed by atoms with van der Waals surface area (Å²) < 4.78 is 2.09. The van der Waals surface area contributed by atoms with Gasteiger partial charge in [0.15, 0.2) is 0 Å². The molecule has 1 aliphatic rings. The number of fused-ring (bicyclic) bond motifs is 1. The van der Waals surface area contributed by atoms with E-state index in [4.69, 9.17) is 17.2 Å². The molecule has 0 radical (unpaired) electrons. The summed E-state index contributed by atoms with van der Waals surface area (Å²) in [7, 11) is 0. The van der Waals surface area contributed by atoms with Crippen LogP contribution in [-0.2, 0) is 4.79 Å². The molecule has 6 nitrogen and oxygen atoms in total. The highest BCUT2D eigenvalue weighted by Crippen LogP contribution is 2.33. The SMILES string of the molecule is CCCCCCCN1C(=O)C(=Cc2c(NCCC)nc3c(C)cccn3c2=O)SC1=S. The number of aryl methyl sites for hydroxylation is 1. The number of thioether (sulfide) groups is 1. The van der Waals surface area contributed by atoms with Crippen LogP contribution in [0.15, 0.2) is 28.0 Å². The first-order chi connectivity index (χ1) is 15.0. The van der Waals surface area contributed by atoms with Crippen LogP contribution in [0.25, 0.3) is 11.7 Å². The number of carbonyl (C=O) groups is 1. The van der Waals surface area contributed by atoms with E-state index in [0.29, 0.717) is 39.3 Å². The third-order valence-electron chi connectivity index (χ3n) is 5.26. The summed E-state index contributed by atoms with van der Waals surface area (Å²) >= 11 is 6.71. The second-order valence-electron chi connectivity index (χ2n) is 7.74. The van der Waals surface area contributed by atoms with Crippen LogP contribution in [0.1, 0.15) is 63.5 Å². The van der Waals surface area contributed by atoms with Gasteiger partial charge in [-0.1, -0.05) is 69.6 Å². The smallest absolute Gasteiger partial charge is 0.267 e. The van der Waals surface area contributed by atoms with Gasteiger partial charge in [-0.25, -0.2) is 4.98 Å². The first-order valence-electron chi connectivity index (χ1n) is 11.0. The van der Waals surface area contributed by atoms with Gasteiger partial charge in [0, 0.05) is 19.3 Å². The van der Waals surface area contributed by atoms with E-state index in [1.807, 2.05) is 19.1 Å². The number of pyridine rings is 1. The van der Waals surface area contributed by atoms with Crippen LogP contribution in [0.5, 0.6) is 0 Å². The van der Waals surface area contributed by atoms with Crippen molar-refractivity contribution in [2.24, 2.45) is 0 Å². The lowest BCUT2D eigenvalue weighted by atomic mass is 10.1. The highest BCUT2D eigenvalue weighted by atomic mass is 32.2. The Bertz CT molecular complexity index is 1060. The lowest BCUT2D eigenvalue weighted by Crippen LogP contribution is -2.29. The van der Waals surface area contributed by atoms with Gasteiger partial charge < -0.3 is 5.32 Å². The minimum atomic E-state index is -0.197. The Kier molecular flexibility index (Phi) is 8.26. The molecule has 1 amide bonds. The topological polar surface area (TPSA) is 66.7 Å². The molecule has 31 heavy (non-hydrogen) atoms. The van der Waals surface area contributed by atoms with Crippen LogP contribution in [0.4, 0.5) is 5.82 Å². The van der Waals surface area contributed by atoms with E-state index < -0.39 is 0 Å². The molecule has 0 saturated carbocycles. The highest BCUT2D eigenvalue weighted by Gasteiger charge is 2.32. The molecule has 0 bridgehead atoms. The highest BCUT2D eigenvalue weighted by molar-refractivity contribution is 8.26. The fourth-order valence-corrected chi connectivity index (χ4v) is 4.81. The van der Waals surface area contributed by atoms with E-state index in [-0.39, 0.29) is 11.5 Å². The van der Waals surface area contributed by atoms with E-state index in [9.17, 15) is 9.59 Å². The number of thiocarbonyl (C=S) groups is 1. The van der Waals surface area contributed by atoms with Gasteiger partial charge in [0.25, 0.3) is 11.5 Å². The largest absolute Gasteiger partial charge is 0.369 e. The second-order valence-corrected chi connectivity index (χ2v) is 9.41. The van der Waals surface area contributed by atoms with Gasteiger partial charge >= 0.3 is 0 Å². The molecule has 2 aromatic heterocycles. The molecule has 1 aliphatic heterocycles. The number of anilines is 1. The first kappa shape index (κ1) is 23.5. The molecule has 1 fully saturated rings. The summed E-state index contributed by atoms with van der Waals surface area (Å²) in [5.41, 5.74) is 1.72. The van der Waals surface area contributed by atoms with Gasteiger partial charge in [-0.15, -0.1) is 0 Å². The van der Waals surface area contributed by atoms with Crippen molar-refractivity contribution in [3.63, 3.8) is 0 Å². The maximum absolute atomic E-state index is 13.3. The molecule has 1 N–H and O–H groups in total. The van der Waals surface area contributed by atoms with Crippen LogP contribution in [0, 0.1) is 6.92 Å². The number of aromatic nitrogens is 2. The number of carbonyl (C=O) groups excluding carboxylic acids is 1. The number of nitrogens with one attached hydrogen (secondary N) is 1. The predicted molar refractivity (Wildman–Crippen MR) is 134 cm³/mol. The Morgan fingerprint density at radius 2 is 1.94 bits per heavy atom. The minimum Gasteiger partial charge on any atom is -0.369 e. The normalized spacial score (nSPS) is 15.5. The van der Waals surface area contributed by atoms with E-state index in [1.54, 1.807) is 17.2 Å². The summed E-state index contributed by atoms with van der Waals surface area (Å²) in [5, 5.41) is 3.25. The number of unbranched alkanes of at least 4 members (excludes halogenated alkanes) is 4. The van der Waals surface area contributed by atoms with Crippen molar-refractivity contribution in [2.45, 2.75) is 59.3 Å². The van der Waals surface area contributed by atoms with E-state index >= 15 is 0 Å². The van der Waals surface area contributed by atoms with Gasteiger partial charge in [-0.3, -0.25) is 18.9 Å². The van der Waals surface area contributed by atoms with Crippen molar-refractivity contribution >= 4 is 51.7 Å². The number of nitrogens with zero attached hydrogens (tertiary/aromatic N) is 3. The van der Waals surface area contributed by atoms with E-state index in [0.717, 1.165) is 24.8 Å². The molecule has 0 spiro atoms. The average Bonchev–Trinajstić information content (AvgIpc) is 3.02. The standard InChI is InChI=1S/C23H30N4O2S2/c1-4-6-7-8-9-13-27-22(29)18(31-23(27)30)15-17-19(24-12-5-2)25-20-16(3)11-10-14-26(20)21(17)28/h10-11,14-15,24H,4-9,12-13H2,1-3H3. The lowest BCUT2D eigenvalue weighted by Gasteiger charge is -2.14. The zero-order valence-corrected chi connectivity index (χ0v) is 20.1. The molecular weight excluding hydrogens is 428 g/mol. The average molecular weight is 459 g/mol. The maximum Gasteiger partial charge on any atom is 0.267 e. The minimum absolute atomic E-state index is 0.124. The summed E-state index contributed by atoms with van der Waals surface area (Å²) in [6.07, 6.45) is 9.85. The molecule has 0 aromatic carbocycles. The lowest BCUT2D eigenvalue weighted by molar-refractivity contribution is -0.122. The Morgan fingerprint density at radius 3 is 2.68 bits per heavy atom. The van der Waals surface area contributed by atoms with Gasteiger partial charge in [0.2, 0.25) is 0 Å². The van der Waals surface area contributed by atoms with Crippen LogP contribution in [-0.4, -0.2) is 37.6 Å². The fourth-order valence-electron chi connectivity index (χ4n) is 3.52. The number of amides is 1. The molecule has 166 valence electrons. The molecule has 0 aliphatic carbocycles. The van der Waals surface area contributed by atoms with E-state index in [2.05, 4.69) is 19.2 Å². The molecule has 0 unspecified atom stereocenters. The first-order valence-corrected chi connectivity index (χ1v) is 12.2. The molecule has 2 aromatic rings. The Hall–Kier alpha value is -2.19. The quantitative estimate of drug-likeness (QED) is 0.307. The molecule has 0 atom stereocenters. The van der Waals surface area contributed by atoms with Gasteiger partial charge in [-0.05, 0) is 37.5 Å². The van der Waals surface area contributed by atoms with Crippen molar-refractivity contribution in [1.29, 1.82) is 0 Å². The van der Waals surface area contributed by atoms with Gasteiger partial charge in [0.05, 0.1) is 10.5 Å². The van der Waals surface area contributed by atoms with Crippen LogP contribution in [0.2, 0.25) is 0 Å². The summed E-state index contributed by atoms with van der Waals surface area (Å²) in [6.45, 7) is 7.48. The number of rotatable bonds is 10.